The van der Waals surface area contributed by atoms with E-state index in [4.69, 9.17) is 4.42 Å². The van der Waals surface area contributed by atoms with Crippen LogP contribution in [0.15, 0.2) is 70.3 Å². The molecule has 0 saturated heterocycles. The maximum Gasteiger partial charge on any atom is 0.323 e. The number of para-hydroxylation sites is 1. The molecule has 152 valence electrons. The summed E-state index contributed by atoms with van der Waals surface area (Å²) in [6.07, 6.45) is 7.10. The summed E-state index contributed by atoms with van der Waals surface area (Å²) in [5.41, 5.74) is 1.86. The first-order valence-electron chi connectivity index (χ1n) is 9.31. The summed E-state index contributed by atoms with van der Waals surface area (Å²) < 4.78 is 19.5. The zero-order chi connectivity index (χ0) is 21.1. The van der Waals surface area contributed by atoms with Crippen LogP contribution in [0.4, 0.5) is 32.3 Å². The third kappa shape index (κ3) is 4.07. The number of nitrogens with zero attached hydrogens (tertiary/aromatic N) is 2. The van der Waals surface area contributed by atoms with Crippen molar-refractivity contribution in [3.05, 3.63) is 78.1 Å². The van der Waals surface area contributed by atoms with E-state index in [0.29, 0.717) is 23.1 Å². The van der Waals surface area contributed by atoms with E-state index in [2.05, 4.69) is 25.9 Å². The molecule has 0 bridgehead atoms. The van der Waals surface area contributed by atoms with Gasteiger partial charge in [-0.05, 0) is 49.8 Å². The van der Waals surface area contributed by atoms with Crippen molar-refractivity contribution in [2.24, 2.45) is 4.99 Å². The second-order valence-corrected chi connectivity index (χ2v) is 7.12. The zero-order valence-electron chi connectivity index (χ0n) is 16.4. The van der Waals surface area contributed by atoms with Crippen LogP contribution in [0.25, 0.3) is 0 Å². The fourth-order valence-corrected chi connectivity index (χ4v) is 2.96. The van der Waals surface area contributed by atoms with Crippen LogP contribution in [0, 0.1) is 12.7 Å². The standard InChI is InChI=1S/C22H20FN5O2/c1-14-7-8-15(26-20(29)27-17-6-4-3-5-16(17)23)11-18(14)28-21-25-12-19(30-21)22(2)9-10-24-13-22/h3-13H,1-2H3,(H,25,28)(H2,26,27,29). The fourth-order valence-electron chi connectivity index (χ4n) is 2.96. The number of urea groups is 1. The number of aromatic nitrogens is 1. The van der Waals surface area contributed by atoms with Gasteiger partial charge in [-0.1, -0.05) is 18.2 Å². The van der Waals surface area contributed by atoms with Crippen molar-refractivity contribution in [2.75, 3.05) is 16.0 Å². The zero-order valence-corrected chi connectivity index (χ0v) is 16.4. The van der Waals surface area contributed by atoms with Crippen LogP contribution in [0.2, 0.25) is 0 Å². The van der Waals surface area contributed by atoms with Crippen molar-refractivity contribution in [3.63, 3.8) is 0 Å². The molecule has 2 amide bonds. The van der Waals surface area contributed by atoms with Crippen molar-refractivity contribution in [1.82, 2.24) is 4.98 Å². The van der Waals surface area contributed by atoms with Gasteiger partial charge in [0.05, 0.1) is 17.3 Å². The number of aryl methyl sites for hydroxylation is 1. The molecule has 2 aromatic carbocycles. The number of amides is 2. The molecule has 7 nitrogen and oxygen atoms in total. The van der Waals surface area contributed by atoms with Gasteiger partial charge >= 0.3 is 6.03 Å². The van der Waals surface area contributed by atoms with Crippen LogP contribution in [0.3, 0.4) is 0 Å². The average molecular weight is 405 g/mol. The van der Waals surface area contributed by atoms with Crippen LogP contribution >= 0.6 is 0 Å². The number of rotatable bonds is 5. The molecule has 30 heavy (non-hydrogen) atoms. The number of aliphatic imine (C=N–C) groups is 1. The first kappa shape index (κ1) is 19.4. The van der Waals surface area contributed by atoms with Gasteiger partial charge in [-0.25, -0.2) is 14.2 Å². The Morgan fingerprint density at radius 2 is 1.97 bits per heavy atom. The summed E-state index contributed by atoms with van der Waals surface area (Å²) in [5.74, 6) is 0.160. The van der Waals surface area contributed by atoms with Crippen LogP contribution in [0.1, 0.15) is 18.2 Å². The lowest BCUT2D eigenvalue weighted by atomic mass is 9.91. The van der Waals surface area contributed by atoms with Gasteiger partial charge in [0, 0.05) is 23.8 Å². The highest BCUT2D eigenvalue weighted by atomic mass is 19.1. The molecular formula is C22H20FN5O2. The maximum atomic E-state index is 13.7. The van der Waals surface area contributed by atoms with Gasteiger partial charge in [-0.2, -0.15) is 0 Å². The van der Waals surface area contributed by atoms with Gasteiger partial charge in [0.25, 0.3) is 6.01 Å². The van der Waals surface area contributed by atoms with Crippen molar-refractivity contribution < 1.29 is 13.6 Å². The summed E-state index contributed by atoms with van der Waals surface area (Å²) >= 11 is 0. The van der Waals surface area contributed by atoms with E-state index in [1.165, 1.54) is 12.1 Å². The van der Waals surface area contributed by atoms with Gasteiger partial charge in [-0.15, -0.1) is 0 Å². The second-order valence-electron chi connectivity index (χ2n) is 7.12. The first-order valence-corrected chi connectivity index (χ1v) is 9.31. The Labute approximate surface area is 172 Å². The minimum Gasteiger partial charge on any atom is -0.427 e. The van der Waals surface area contributed by atoms with Gasteiger partial charge in [0.2, 0.25) is 0 Å². The molecule has 0 spiro atoms. The maximum absolute atomic E-state index is 13.7. The molecule has 1 unspecified atom stereocenters. The van der Waals surface area contributed by atoms with E-state index >= 15 is 0 Å². The Balaban J connectivity index is 1.46. The third-order valence-corrected chi connectivity index (χ3v) is 4.75. The number of nitrogens with one attached hydrogen (secondary N) is 3. The number of benzene rings is 2. The molecule has 1 atom stereocenters. The fraction of sp³-hybridized carbons (Fsp3) is 0.136. The number of carbonyl (C=O) groups is 1. The molecule has 3 aromatic rings. The molecule has 1 aromatic heterocycles. The Morgan fingerprint density at radius 1 is 1.13 bits per heavy atom. The van der Waals surface area contributed by atoms with Gasteiger partial charge in [-0.3, -0.25) is 4.99 Å². The van der Waals surface area contributed by atoms with Crippen LogP contribution in [-0.2, 0) is 5.41 Å². The topological polar surface area (TPSA) is 91.6 Å². The largest absolute Gasteiger partial charge is 0.427 e. The number of hydrogen-bond donors (Lipinski definition) is 3. The number of halogens is 1. The Kier molecular flexibility index (Phi) is 5.05. The highest BCUT2D eigenvalue weighted by Crippen LogP contribution is 2.30. The molecule has 1 aliphatic heterocycles. The third-order valence-electron chi connectivity index (χ3n) is 4.75. The van der Waals surface area contributed by atoms with E-state index in [9.17, 15) is 9.18 Å². The van der Waals surface area contributed by atoms with Crippen LogP contribution < -0.4 is 16.0 Å². The molecular weight excluding hydrogens is 385 g/mol. The van der Waals surface area contributed by atoms with Gasteiger partial charge in [0.15, 0.2) is 0 Å². The van der Waals surface area contributed by atoms with E-state index < -0.39 is 17.3 Å². The summed E-state index contributed by atoms with van der Waals surface area (Å²) in [6.45, 7) is 3.90. The number of hydrogen-bond acceptors (Lipinski definition) is 5. The smallest absolute Gasteiger partial charge is 0.323 e. The molecule has 1 aliphatic rings. The normalized spacial score (nSPS) is 17.2. The van der Waals surface area contributed by atoms with Crippen molar-refractivity contribution in [3.8, 4) is 0 Å². The van der Waals surface area contributed by atoms with Crippen molar-refractivity contribution >= 4 is 35.3 Å². The summed E-state index contributed by atoms with van der Waals surface area (Å²) in [7, 11) is 0. The summed E-state index contributed by atoms with van der Waals surface area (Å²) in [4.78, 5) is 20.6. The number of allylic oxidation sites excluding steroid dienone is 1. The highest BCUT2D eigenvalue weighted by Gasteiger charge is 2.28. The molecule has 4 rings (SSSR count). The van der Waals surface area contributed by atoms with Crippen LogP contribution in [0.5, 0.6) is 0 Å². The van der Waals surface area contributed by atoms with E-state index in [0.717, 1.165) is 5.56 Å². The van der Waals surface area contributed by atoms with Crippen molar-refractivity contribution in [2.45, 2.75) is 19.3 Å². The number of anilines is 4. The van der Waals surface area contributed by atoms with E-state index in [1.54, 1.807) is 42.9 Å². The number of carbonyl (C=O) groups excluding carboxylic acids is 1. The van der Waals surface area contributed by atoms with Gasteiger partial charge in [0.1, 0.15) is 11.6 Å². The lowest BCUT2D eigenvalue weighted by Gasteiger charge is -2.13. The first-order chi connectivity index (χ1) is 14.4. The molecule has 0 aliphatic carbocycles. The minimum atomic E-state index is -0.548. The Bertz CT molecular complexity index is 1140. The highest BCUT2D eigenvalue weighted by molar-refractivity contribution is 6.00. The lowest BCUT2D eigenvalue weighted by molar-refractivity contribution is 0.262. The van der Waals surface area contributed by atoms with Crippen molar-refractivity contribution in [1.29, 1.82) is 0 Å². The minimum absolute atomic E-state index is 0.103. The number of oxazole rings is 1. The van der Waals surface area contributed by atoms with Gasteiger partial charge < -0.3 is 20.4 Å². The SMILES string of the molecule is Cc1ccc(NC(=O)Nc2ccccc2F)cc1Nc1ncc(C2(C)C=CN=C2)o1. The van der Waals surface area contributed by atoms with Crippen LogP contribution in [-0.4, -0.2) is 17.2 Å². The quantitative estimate of drug-likeness (QED) is 0.532. The summed E-state index contributed by atoms with van der Waals surface area (Å²) in [5, 5.41) is 8.31. The average Bonchev–Trinajstić information content (AvgIpc) is 3.36. The second kappa shape index (κ2) is 7.82. The summed E-state index contributed by atoms with van der Waals surface area (Å²) in [6, 6.07) is 11.1. The molecule has 0 fully saturated rings. The lowest BCUT2D eigenvalue weighted by Crippen LogP contribution is -2.20. The van der Waals surface area contributed by atoms with E-state index in [-0.39, 0.29) is 5.69 Å². The predicted molar refractivity (Wildman–Crippen MR) is 115 cm³/mol. The predicted octanol–water partition coefficient (Wildman–Crippen LogP) is 5.37. The molecule has 2 heterocycles. The molecule has 3 N–H and O–H groups in total. The Hall–Kier alpha value is -3.94. The molecule has 0 radical (unpaired) electrons. The van der Waals surface area contributed by atoms with E-state index in [1.807, 2.05) is 26.0 Å². The molecule has 8 heteroatoms. The monoisotopic (exact) mass is 405 g/mol. The Morgan fingerprint density at radius 3 is 2.73 bits per heavy atom. The molecule has 0 saturated carbocycles.